The van der Waals surface area contributed by atoms with Crippen molar-refractivity contribution in [1.29, 1.82) is 5.26 Å². The van der Waals surface area contributed by atoms with E-state index in [2.05, 4.69) is 26.3 Å². The minimum Gasteiger partial charge on any atom is -0.465 e. The Balaban J connectivity index is 1.58. The highest BCUT2D eigenvalue weighted by Gasteiger charge is 2.15. The number of ether oxygens (including phenoxy) is 1. The van der Waals surface area contributed by atoms with E-state index in [0.29, 0.717) is 52.1 Å². The summed E-state index contributed by atoms with van der Waals surface area (Å²) >= 11 is 0. The lowest BCUT2D eigenvalue weighted by Crippen LogP contribution is -2.23. The first-order chi connectivity index (χ1) is 16.9. The minimum absolute atomic E-state index is 0.249. The fraction of sp³-hybridized carbons (Fsp3) is 0.154. The number of fused-ring (bicyclic) bond motifs is 1. The molecule has 0 unspecified atom stereocenters. The maximum Gasteiger partial charge on any atom is 0.340 e. The third-order valence-electron chi connectivity index (χ3n) is 5.50. The second kappa shape index (κ2) is 9.97. The first-order valence-corrected chi connectivity index (χ1v) is 10.7. The summed E-state index contributed by atoms with van der Waals surface area (Å²) in [6, 6.07) is 14.1. The molecule has 9 heteroatoms. The van der Waals surface area contributed by atoms with Gasteiger partial charge in [0.05, 0.1) is 23.8 Å². The Labute approximate surface area is 201 Å². The van der Waals surface area contributed by atoms with Gasteiger partial charge in [0.1, 0.15) is 11.9 Å². The lowest BCUT2D eigenvalue weighted by molar-refractivity contribution is 0.0602. The number of rotatable bonds is 6. The number of nitrogen functional groups attached to an aromatic ring is 1. The molecule has 9 nitrogen and oxygen atoms in total. The van der Waals surface area contributed by atoms with Gasteiger partial charge in [0.25, 0.3) is 5.91 Å². The summed E-state index contributed by atoms with van der Waals surface area (Å²) in [7, 11) is 1.30. The zero-order valence-corrected chi connectivity index (χ0v) is 19.2. The topological polar surface area (TPSA) is 144 Å². The van der Waals surface area contributed by atoms with E-state index in [1.54, 1.807) is 36.5 Å². The second-order valence-electron chi connectivity index (χ2n) is 7.92. The molecular formula is C26H22N6O3. The number of carbonyl (C=O) groups excluding carboxylic acids is 2. The molecule has 1 amide bonds. The van der Waals surface area contributed by atoms with Gasteiger partial charge in [-0.15, -0.1) is 0 Å². The Bertz CT molecular complexity index is 1490. The van der Waals surface area contributed by atoms with Crippen LogP contribution in [0.4, 0.5) is 5.82 Å². The van der Waals surface area contributed by atoms with Crippen LogP contribution in [0.1, 0.15) is 48.8 Å². The maximum absolute atomic E-state index is 12.7. The van der Waals surface area contributed by atoms with E-state index in [1.165, 1.54) is 13.3 Å². The van der Waals surface area contributed by atoms with E-state index >= 15 is 0 Å². The smallest absolute Gasteiger partial charge is 0.340 e. The standard InChI is InChI=1S/C26H22N6O3/c1-15-19(3-4-23(28)32-15)14-31-25(33)18-5-6-29-21(11-18)9-16-7-20-8-17(12-27)13-30-24(20)22(10-16)26(34)35-2/h3-8,10-11,13H,9,14H2,1-2H3,(H2,28,32)(H,31,33). The Morgan fingerprint density at radius 1 is 1.14 bits per heavy atom. The Morgan fingerprint density at radius 3 is 2.71 bits per heavy atom. The molecule has 3 N–H and O–H groups in total. The number of nitriles is 1. The molecular weight excluding hydrogens is 444 g/mol. The van der Waals surface area contributed by atoms with E-state index in [4.69, 9.17) is 10.5 Å². The van der Waals surface area contributed by atoms with Gasteiger partial charge in [-0.2, -0.15) is 5.26 Å². The Morgan fingerprint density at radius 2 is 1.97 bits per heavy atom. The molecule has 0 bridgehead atoms. The zero-order chi connectivity index (χ0) is 24.9. The number of methoxy groups -OCH3 is 1. The monoisotopic (exact) mass is 466 g/mol. The van der Waals surface area contributed by atoms with Crippen molar-refractivity contribution < 1.29 is 14.3 Å². The van der Waals surface area contributed by atoms with Crippen LogP contribution < -0.4 is 11.1 Å². The van der Waals surface area contributed by atoms with Gasteiger partial charge in [-0.1, -0.05) is 6.07 Å². The normalized spacial score (nSPS) is 10.5. The third kappa shape index (κ3) is 5.23. The molecule has 0 saturated carbocycles. The molecule has 4 aromatic rings. The molecule has 35 heavy (non-hydrogen) atoms. The van der Waals surface area contributed by atoms with E-state index in [1.807, 2.05) is 19.1 Å². The molecule has 3 heterocycles. The molecule has 1 aromatic carbocycles. The number of nitrogens with two attached hydrogens (primary N) is 1. The molecule has 4 rings (SSSR count). The van der Waals surface area contributed by atoms with Crippen molar-refractivity contribution in [3.05, 3.63) is 94.1 Å². The number of hydrogen-bond donors (Lipinski definition) is 2. The van der Waals surface area contributed by atoms with Crippen LogP contribution in [0.2, 0.25) is 0 Å². The summed E-state index contributed by atoms with van der Waals surface area (Å²) in [4.78, 5) is 37.9. The highest BCUT2D eigenvalue weighted by molar-refractivity contribution is 6.03. The number of nitrogens with zero attached hydrogens (tertiary/aromatic N) is 4. The Kier molecular flexibility index (Phi) is 6.64. The number of carbonyl (C=O) groups is 2. The van der Waals surface area contributed by atoms with Gasteiger partial charge >= 0.3 is 5.97 Å². The first-order valence-electron chi connectivity index (χ1n) is 10.7. The molecule has 0 aliphatic rings. The highest BCUT2D eigenvalue weighted by Crippen LogP contribution is 2.23. The SMILES string of the molecule is COC(=O)c1cc(Cc2cc(C(=O)NCc3ccc(N)nc3C)ccn2)cc2cc(C#N)cnc12. The highest BCUT2D eigenvalue weighted by atomic mass is 16.5. The van der Waals surface area contributed by atoms with Gasteiger partial charge in [-0.3, -0.25) is 14.8 Å². The first kappa shape index (κ1) is 23.3. The van der Waals surface area contributed by atoms with Crippen molar-refractivity contribution in [3.8, 4) is 6.07 Å². The summed E-state index contributed by atoms with van der Waals surface area (Å²) in [6.07, 6.45) is 3.34. The predicted octanol–water partition coefficient (Wildman–Crippen LogP) is 3.09. The summed E-state index contributed by atoms with van der Waals surface area (Å²) in [5.74, 6) is -0.343. The molecule has 0 fully saturated rings. The number of amides is 1. The van der Waals surface area contributed by atoms with Gasteiger partial charge in [-0.05, 0) is 54.4 Å². The number of anilines is 1. The minimum atomic E-state index is -0.525. The number of pyridine rings is 3. The molecule has 0 atom stereocenters. The molecule has 0 aliphatic heterocycles. The van der Waals surface area contributed by atoms with Gasteiger partial charge < -0.3 is 15.8 Å². The van der Waals surface area contributed by atoms with Crippen molar-refractivity contribution in [1.82, 2.24) is 20.3 Å². The maximum atomic E-state index is 12.7. The van der Waals surface area contributed by atoms with Crippen LogP contribution in [0.5, 0.6) is 0 Å². The van der Waals surface area contributed by atoms with E-state index < -0.39 is 5.97 Å². The van der Waals surface area contributed by atoms with Crippen molar-refractivity contribution in [2.75, 3.05) is 12.8 Å². The van der Waals surface area contributed by atoms with Crippen molar-refractivity contribution in [2.24, 2.45) is 0 Å². The molecule has 3 aromatic heterocycles. The number of aryl methyl sites for hydroxylation is 1. The summed E-state index contributed by atoms with van der Waals surface area (Å²) in [5, 5.41) is 12.7. The van der Waals surface area contributed by atoms with Crippen LogP contribution in [0.15, 0.2) is 54.9 Å². The van der Waals surface area contributed by atoms with Gasteiger partial charge in [-0.25, -0.2) is 9.78 Å². The van der Waals surface area contributed by atoms with Crippen LogP contribution in [0, 0.1) is 18.3 Å². The number of aromatic nitrogens is 3. The van der Waals surface area contributed by atoms with E-state index in [0.717, 1.165) is 16.8 Å². The third-order valence-corrected chi connectivity index (χ3v) is 5.50. The van der Waals surface area contributed by atoms with Gasteiger partial charge in [0, 0.05) is 47.7 Å². The van der Waals surface area contributed by atoms with Gasteiger partial charge in [0.15, 0.2) is 0 Å². The average Bonchev–Trinajstić information content (AvgIpc) is 2.86. The summed E-state index contributed by atoms with van der Waals surface area (Å²) in [6.45, 7) is 2.15. The second-order valence-corrected chi connectivity index (χ2v) is 7.92. The summed E-state index contributed by atoms with van der Waals surface area (Å²) in [5.41, 5.74) is 10.3. The lowest BCUT2D eigenvalue weighted by atomic mass is 10.00. The lowest BCUT2D eigenvalue weighted by Gasteiger charge is -2.10. The van der Waals surface area contributed by atoms with Gasteiger partial charge in [0.2, 0.25) is 0 Å². The van der Waals surface area contributed by atoms with E-state index in [9.17, 15) is 14.9 Å². The van der Waals surface area contributed by atoms with E-state index in [-0.39, 0.29) is 5.91 Å². The van der Waals surface area contributed by atoms with Crippen LogP contribution >= 0.6 is 0 Å². The zero-order valence-electron chi connectivity index (χ0n) is 19.2. The molecule has 0 saturated heterocycles. The fourth-order valence-corrected chi connectivity index (χ4v) is 3.74. The van der Waals surface area contributed by atoms with Crippen molar-refractivity contribution in [3.63, 3.8) is 0 Å². The molecule has 174 valence electrons. The van der Waals surface area contributed by atoms with Crippen LogP contribution in [0.3, 0.4) is 0 Å². The van der Waals surface area contributed by atoms with Crippen LogP contribution in [-0.4, -0.2) is 33.9 Å². The molecule has 0 aliphatic carbocycles. The van der Waals surface area contributed by atoms with Crippen LogP contribution in [-0.2, 0) is 17.7 Å². The van der Waals surface area contributed by atoms with Crippen molar-refractivity contribution >= 4 is 28.6 Å². The number of hydrogen-bond acceptors (Lipinski definition) is 8. The Hall–Kier alpha value is -4.84. The molecule has 0 spiro atoms. The quantitative estimate of drug-likeness (QED) is 0.413. The average molecular weight is 467 g/mol. The molecule has 0 radical (unpaired) electrons. The summed E-state index contributed by atoms with van der Waals surface area (Å²) < 4.78 is 4.91. The van der Waals surface area contributed by atoms with Crippen molar-refractivity contribution in [2.45, 2.75) is 19.9 Å². The largest absolute Gasteiger partial charge is 0.465 e. The van der Waals surface area contributed by atoms with Crippen LogP contribution in [0.25, 0.3) is 10.9 Å². The fourth-order valence-electron chi connectivity index (χ4n) is 3.74. The number of nitrogens with one attached hydrogen (secondary N) is 1. The predicted molar refractivity (Wildman–Crippen MR) is 129 cm³/mol. The number of benzene rings is 1. The number of esters is 1.